The molecule has 4 aliphatic carbocycles. The Morgan fingerprint density at radius 3 is 2.08 bits per heavy atom. The quantitative estimate of drug-likeness (QED) is 0.591. The van der Waals surface area contributed by atoms with Gasteiger partial charge in [-0.3, -0.25) is 4.99 Å². The van der Waals surface area contributed by atoms with Crippen LogP contribution in [0.4, 0.5) is 0 Å². The molecule has 5 rings (SSSR count). The molecule has 0 atom stereocenters. The molecule has 4 bridgehead atoms. The van der Waals surface area contributed by atoms with E-state index in [0.717, 1.165) is 23.3 Å². The summed E-state index contributed by atoms with van der Waals surface area (Å²) in [5.74, 6) is 3.20. The van der Waals surface area contributed by atoms with Crippen molar-refractivity contribution in [3.05, 3.63) is 28.8 Å². The second-order valence-corrected chi connectivity index (χ2v) is 11.6. The van der Waals surface area contributed by atoms with Crippen LogP contribution in [-0.2, 0) is 26.3 Å². The fraction of sp³-hybridized carbons (Fsp3) is 0.632. The van der Waals surface area contributed by atoms with Crippen LogP contribution < -0.4 is 0 Å². The van der Waals surface area contributed by atoms with Crippen LogP contribution in [-0.4, -0.2) is 18.4 Å². The number of phenolic OH excluding ortho intramolecular Hbond substituents is 1. The van der Waals surface area contributed by atoms with Crippen molar-refractivity contribution in [2.45, 2.75) is 50.9 Å². The Kier molecular flexibility index (Phi) is 6.16. The Morgan fingerprint density at radius 2 is 1.62 bits per heavy atom. The number of aromatic hydroxyl groups is 1. The maximum atomic E-state index is 10.8. The summed E-state index contributed by atoms with van der Waals surface area (Å²) in [7, 11) is 11.6. The summed E-state index contributed by atoms with van der Waals surface area (Å²) in [6, 6.07) is 4.29. The van der Waals surface area contributed by atoms with Gasteiger partial charge in [0.1, 0.15) is 5.75 Å². The van der Waals surface area contributed by atoms with Crippen LogP contribution in [0.1, 0.15) is 55.2 Å². The molecule has 1 aromatic carbocycles. The number of nitrogens with zero attached hydrogens (tertiary/aromatic N) is 1. The van der Waals surface area contributed by atoms with Gasteiger partial charge in [0.05, 0.1) is 0 Å². The van der Waals surface area contributed by atoms with E-state index < -0.39 is 20.8 Å². The predicted molar refractivity (Wildman–Crippen MR) is 97.9 cm³/mol. The van der Waals surface area contributed by atoms with Gasteiger partial charge in [0.15, 0.2) is 0 Å². The molecule has 5 heteroatoms. The van der Waals surface area contributed by atoms with Crippen LogP contribution in [0.2, 0.25) is 0 Å². The van der Waals surface area contributed by atoms with E-state index in [2.05, 4.69) is 18.0 Å². The molecule has 0 spiro atoms. The molecular formula is C19H25Cl2NOZr. The summed E-state index contributed by atoms with van der Waals surface area (Å²) >= 11 is -0.826. The second-order valence-electron chi connectivity index (χ2n) is 7.91. The van der Waals surface area contributed by atoms with Gasteiger partial charge in [0.25, 0.3) is 0 Å². The third-order valence-corrected chi connectivity index (χ3v) is 6.16. The van der Waals surface area contributed by atoms with Crippen molar-refractivity contribution in [1.82, 2.24) is 0 Å². The number of aryl methyl sites for hydroxylation is 1. The molecule has 130 valence electrons. The molecule has 0 amide bonds. The van der Waals surface area contributed by atoms with Crippen molar-refractivity contribution in [1.29, 1.82) is 0 Å². The van der Waals surface area contributed by atoms with Gasteiger partial charge in [0.2, 0.25) is 0 Å². The number of rotatable bonds is 2. The first-order valence-electron chi connectivity index (χ1n) is 8.74. The van der Waals surface area contributed by atoms with Crippen LogP contribution in [0, 0.1) is 24.7 Å². The van der Waals surface area contributed by atoms with E-state index in [1.165, 1.54) is 49.7 Å². The first-order chi connectivity index (χ1) is 11.5. The molecule has 0 saturated heterocycles. The van der Waals surface area contributed by atoms with E-state index in [1.807, 2.05) is 6.07 Å². The molecule has 0 aliphatic heterocycles. The van der Waals surface area contributed by atoms with Crippen molar-refractivity contribution in [2.24, 2.45) is 22.7 Å². The molecule has 1 N–H and O–H groups in total. The van der Waals surface area contributed by atoms with E-state index in [4.69, 9.17) is 17.0 Å². The first kappa shape index (κ1) is 18.9. The van der Waals surface area contributed by atoms with Crippen LogP contribution in [0.5, 0.6) is 5.75 Å². The monoisotopic (exact) mass is 443 g/mol. The Bertz CT molecular complexity index is 597. The van der Waals surface area contributed by atoms with Gasteiger partial charge >= 0.3 is 37.9 Å². The average molecular weight is 446 g/mol. The summed E-state index contributed by atoms with van der Waals surface area (Å²) in [6.07, 6.45) is 9.99. The molecule has 4 aliphatic rings. The number of halogens is 2. The zero-order valence-corrected chi connectivity index (χ0v) is 18.3. The molecule has 0 unspecified atom stereocenters. The van der Waals surface area contributed by atoms with Gasteiger partial charge in [-0.25, -0.2) is 0 Å². The standard InChI is InChI=1S/C19H25NO.2ClH.Zr/c1-12-3-16(11-20-2)18(21)17(4-12)19-8-13-5-14(9-19)7-15(6-13)10-19;;;/h3-4,11,13-15,21H,5-10H2,1-2H3;2*1H;/q;;;+2/p-2. The minimum absolute atomic E-state index is 0.251. The van der Waals surface area contributed by atoms with E-state index in [9.17, 15) is 5.11 Å². The van der Waals surface area contributed by atoms with Crippen LogP contribution in [0.3, 0.4) is 0 Å². The van der Waals surface area contributed by atoms with E-state index in [-0.39, 0.29) is 5.41 Å². The third-order valence-electron chi connectivity index (χ3n) is 6.16. The molecular weight excluding hydrogens is 420 g/mol. The first-order valence-corrected chi connectivity index (χ1v) is 15.1. The third kappa shape index (κ3) is 3.64. The van der Waals surface area contributed by atoms with Gasteiger partial charge in [-0.15, -0.1) is 0 Å². The summed E-state index contributed by atoms with van der Waals surface area (Å²) in [4.78, 5) is 4.11. The predicted octanol–water partition coefficient (Wildman–Crippen LogP) is 5.59. The van der Waals surface area contributed by atoms with Crippen molar-refractivity contribution in [3.63, 3.8) is 0 Å². The van der Waals surface area contributed by atoms with E-state index in [0.29, 0.717) is 5.75 Å². The SMILES string of the molecule is CN=Cc1cc(C)cc(C23CC4CC(CC(C4)C2)C3)c1O.[Cl][Zr][Cl]. The van der Waals surface area contributed by atoms with Gasteiger partial charge in [-0.2, -0.15) is 0 Å². The summed E-state index contributed by atoms with van der Waals surface area (Å²) in [6.45, 7) is 2.14. The fourth-order valence-corrected chi connectivity index (χ4v) is 5.89. The second kappa shape index (κ2) is 7.81. The topological polar surface area (TPSA) is 32.6 Å². The molecule has 0 heterocycles. The molecule has 24 heavy (non-hydrogen) atoms. The molecule has 4 fully saturated rings. The Morgan fingerprint density at radius 1 is 1.12 bits per heavy atom. The Labute approximate surface area is 163 Å². The van der Waals surface area contributed by atoms with Crippen LogP contribution in [0.25, 0.3) is 0 Å². The zero-order valence-electron chi connectivity index (χ0n) is 14.4. The van der Waals surface area contributed by atoms with E-state index in [1.54, 1.807) is 13.3 Å². The number of benzene rings is 1. The number of aliphatic imine (C=N–C) groups is 1. The molecule has 2 nitrogen and oxygen atoms in total. The van der Waals surface area contributed by atoms with Crippen molar-refractivity contribution in [2.75, 3.05) is 7.05 Å². The number of hydrogen-bond donors (Lipinski definition) is 1. The van der Waals surface area contributed by atoms with Crippen molar-refractivity contribution < 1.29 is 26.0 Å². The minimum atomic E-state index is -0.826. The number of phenols is 1. The Hall–Kier alpha value is 0.153. The van der Waals surface area contributed by atoms with Gasteiger partial charge in [-0.1, -0.05) is 6.07 Å². The van der Waals surface area contributed by atoms with Crippen molar-refractivity contribution in [3.8, 4) is 5.75 Å². The molecule has 4 saturated carbocycles. The zero-order chi connectivity index (χ0) is 17.3. The summed E-state index contributed by atoms with van der Waals surface area (Å²) in [5.41, 5.74) is 3.61. The van der Waals surface area contributed by atoms with Crippen molar-refractivity contribution >= 4 is 23.2 Å². The molecule has 0 aromatic heterocycles. The normalized spacial score (nSPS) is 33.4. The van der Waals surface area contributed by atoms with E-state index >= 15 is 0 Å². The number of hydrogen-bond acceptors (Lipinski definition) is 2. The Balaban J connectivity index is 0.000000526. The molecule has 0 radical (unpaired) electrons. The molecule has 1 aromatic rings. The van der Waals surface area contributed by atoms with Gasteiger partial charge in [0, 0.05) is 24.4 Å². The summed E-state index contributed by atoms with van der Waals surface area (Å²) < 4.78 is 0. The van der Waals surface area contributed by atoms with Gasteiger partial charge < -0.3 is 5.11 Å². The van der Waals surface area contributed by atoms with Crippen LogP contribution >= 0.6 is 17.0 Å². The van der Waals surface area contributed by atoms with Gasteiger partial charge in [-0.05, 0) is 80.2 Å². The average Bonchev–Trinajstić information content (AvgIpc) is 2.50. The summed E-state index contributed by atoms with van der Waals surface area (Å²) in [5, 5.41) is 10.8. The fourth-order valence-electron chi connectivity index (χ4n) is 5.89. The van der Waals surface area contributed by atoms with Crippen LogP contribution in [0.15, 0.2) is 17.1 Å². The maximum absolute atomic E-state index is 10.8.